The molecule has 4 rings (SSSR count). The topological polar surface area (TPSA) is 130 Å². The van der Waals surface area contributed by atoms with Crippen LogP contribution in [0, 0.1) is 13.8 Å². The van der Waals surface area contributed by atoms with Gasteiger partial charge in [0.05, 0.1) is 12.6 Å². The van der Waals surface area contributed by atoms with Crippen LogP contribution in [-0.2, 0) is 10.0 Å². The summed E-state index contributed by atoms with van der Waals surface area (Å²) in [6.45, 7) is 3.54. The lowest BCUT2D eigenvalue weighted by molar-refractivity contribution is 0.256. The van der Waals surface area contributed by atoms with E-state index in [1.807, 2.05) is 4.72 Å². The Labute approximate surface area is 193 Å². The summed E-state index contributed by atoms with van der Waals surface area (Å²) in [5.41, 5.74) is 2.17. The number of ether oxygens (including phenoxy) is 1. The van der Waals surface area contributed by atoms with Gasteiger partial charge in [-0.15, -0.1) is 11.3 Å². The molecule has 2 heterocycles. The minimum atomic E-state index is -3.96. The van der Waals surface area contributed by atoms with Gasteiger partial charge in [0.15, 0.2) is 0 Å². The molecular formula is C22H20N4O5S2. The number of aromatic amines is 1. The molecule has 0 atom stereocenters. The van der Waals surface area contributed by atoms with Crippen LogP contribution < -0.4 is 20.2 Å². The summed E-state index contributed by atoms with van der Waals surface area (Å²) in [5.74, 6) is 0.605. The molecule has 0 unspecified atom stereocenters. The second-order valence-electron chi connectivity index (χ2n) is 7.27. The SMILES string of the molecule is COc1ccc2c(=O)c(-c3ccc(NC(=O)NS(=O)(=O)c4ccc(C)s4)cc3C)n[nH]c2c1. The number of hydrogen-bond acceptors (Lipinski definition) is 7. The summed E-state index contributed by atoms with van der Waals surface area (Å²) in [5, 5.41) is 10.1. The predicted molar refractivity (Wildman–Crippen MR) is 127 cm³/mol. The van der Waals surface area contributed by atoms with Crippen molar-refractivity contribution in [2.45, 2.75) is 18.1 Å². The fourth-order valence-electron chi connectivity index (χ4n) is 3.31. The third kappa shape index (κ3) is 4.59. The molecule has 0 fully saturated rings. The van der Waals surface area contributed by atoms with E-state index >= 15 is 0 Å². The Bertz CT molecular complexity index is 1540. The van der Waals surface area contributed by atoms with Crippen molar-refractivity contribution in [1.82, 2.24) is 14.9 Å². The largest absolute Gasteiger partial charge is 0.497 e. The number of aromatic nitrogens is 2. The number of H-pyrrole nitrogens is 1. The molecule has 4 aromatic rings. The van der Waals surface area contributed by atoms with Gasteiger partial charge >= 0.3 is 6.03 Å². The first-order valence-electron chi connectivity index (χ1n) is 9.75. The maximum absolute atomic E-state index is 13.0. The second-order valence-corrected chi connectivity index (χ2v) is 10.5. The van der Waals surface area contributed by atoms with Crippen LogP contribution in [0.3, 0.4) is 0 Å². The number of anilines is 1. The van der Waals surface area contributed by atoms with Crippen LogP contribution in [0.2, 0.25) is 0 Å². The maximum Gasteiger partial charge on any atom is 0.333 e. The number of nitrogens with zero attached hydrogens (tertiary/aromatic N) is 1. The highest BCUT2D eigenvalue weighted by Gasteiger charge is 2.20. The number of rotatable bonds is 5. The lowest BCUT2D eigenvalue weighted by atomic mass is 10.0. The van der Waals surface area contributed by atoms with Crippen LogP contribution in [0.25, 0.3) is 22.2 Å². The average Bonchev–Trinajstić information content (AvgIpc) is 3.21. The van der Waals surface area contributed by atoms with Crippen LogP contribution in [0.5, 0.6) is 5.75 Å². The molecule has 0 aliphatic heterocycles. The number of nitrogens with one attached hydrogen (secondary N) is 3. The quantitative estimate of drug-likeness (QED) is 0.395. The lowest BCUT2D eigenvalue weighted by Crippen LogP contribution is -2.33. The van der Waals surface area contributed by atoms with Crippen LogP contribution in [0.4, 0.5) is 10.5 Å². The number of sulfonamides is 1. The fraction of sp³-hybridized carbons (Fsp3) is 0.136. The zero-order valence-electron chi connectivity index (χ0n) is 17.9. The van der Waals surface area contributed by atoms with Crippen molar-refractivity contribution < 1.29 is 17.9 Å². The Hall–Kier alpha value is -3.70. The molecule has 2 aromatic carbocycles. The van der Waals surface area contributed by atoms with Crippen molar-refractivity contribution >= 4 is 44.0 Å². The fourth-order valence-corrected chi connectivity index (χ4v) is 5.50. The molecule has 0 saturated carbocycles. The predicted octanol–water partition coefficient (Wildman–Crippen LogP) is 3.79. The van der Waals surface area contributed by atoms with Crippen molar-refractivity contribution in [2.24, 2.45) is 0 Å². The zero-order chi connectivity index (χ0) is 23.8. The van der Waals surface area contributed by atoms with Crippen LogP contribution in [-0.4, -0.2) is 31.8 Å². The number of benzene rings is 2. The van der Waals surface area contributed by atoms with Gasteiger partial charge in [-0.25, -0.2) is 17.9 Å². The highest BCUT2D eigenvalue weighted by atomic mass is 32.2. The first kappa shape index (κ1) is 22.5. The summed E-state index contributed by atoms with van der Waals surface area (Å²) in [4.78, 5) is 26.0. The Morgan fingerprint density at radius 3 is 2.55 bits per heavy atom. The number of carbonyl (C=O) groups is 1. The zero-order valence-corrected chi connectivity index (χ0v) is 19.6. The number of fused-ring (bicyclic) bond motifs is 1. The molecule has 0 spiro atoms. The second kappa shape index (κ2) is 8.68. The first-order chi connectivity index (χ1) is 15.7. The van der Waals surface area contributed by atoms with Crippen molar-refractivity contribution in [3.63, 3.8) is 0 Å². The molecule has 33 heavy (non-hydrogen) atoms. The number of carbonyl (C=O) groups excluding carboxylic acids is 1. The van der Waals surface area contributed by atoms with Crippen molar-refractivity contribution in [3.05, 3.63) is 69.2 Å². The van der Waals surface area contributed by atoms with E-state index < -0.39 is 16.1 Å². The van der Waals surface area contributed by atoms with E-state index in [-0.39, 0.29) is 15.3 Å². The third-order valence-electron chi connectivity index (χ3n) is 4.92. The molecule has 3 N–H and O–H groups in total. The average molecular weight is 485 g/mol. The van der Waals surface area contributed by atoms with Crippen molar-refractivity contribution in [3.8, 4) is 17.0 Å². The third-order valence-corrected chi connectivity index (χ3v) is 7.75. The van der Waals surface area contributed by atoms with Gasteiger partial charge in [-0.3, -0.25) is 9.89 Å². The van der Waals surface area contributed by atoms with E-state index in [9.17, 15) is 18.0 Å². The summed E-state index contributed by atoms with van der Waals surface area (Å²) < 4.78 is 31.9. The number of amides is 2. The number of methoxy groups -OCH3 is 1. The standard InChI is InChI=1S/C22H20N4O5S2/c1-12-10-14(23-22(28)26-33(29,30)19-9-4-13(2)32-19)5-7-16(12)20-21(27)17-8-6-15(31-3)11-18(17)24-25-20/h4-11H,1-3H3,(H,24,27)(H2,23,26,28). The van der Waals surface area contributed by atoms with Gasteiger partial charge in [-0.2, -0.15) is 5.10 Å². The summed E-state index contributed by atoms with van der Waals surface area (Å²) in [7, 11) is -2.42. The summed E-state index contributed by atoms with van der Waals surface area (Å²) in [6.07, 6.45) is 0. The highest BCUT2D eigenvalue weighted by molar-refractivity contribution is 7.92. The van der Waals surface area contributed by atoms with Gasteiger partial charge in [0.25, 0.3) is 10.0 Å². The normalized spacial score (nSPS) is 11.4. The molecule has 170 valence electrons. The molecule has 11 heteroatoms. The minimum absolute atomic E-state index is 0.0564. The molecule has 0 bridgehead atoms. The molecule has 0 saturated heterocycles. The van der Waals surface area contributed by atoms with Crippen molar-refractivity contribution in [1.29, 1.82) is 0 Å². The molecule has 0 aliphatic rings. The van der Waals surface area contributed by atoms with E-state index in [0.717, 1.165) is 16.2 Å². The van der Waals surface area contributed by atoms with Crippen LogP contribution in [0.1, 0.15) is 10.4 Å². The van der Waals surface area contributed by atoms with Gasteiger partial charge in [0.1, 0.15) is 15.7 Å². The van der Waals surface area contributed by atoms with Gasteiger partial charge < -0.3 is 10.1 Å². The maximum atomic E-state index is 13.0. The number of hydrogen-bond donors (Lipinski definition) is 3. The lowest BCUT2D eigenvalue weighted by Gasteiger charge is -2.11. The Morgan fingerprint density at radius 2 is 1.88 bits per heavy atom. The highest BCUT2D eigenvalue weighted by Crippen LogP contribution is 2.25. The Morgan fingerprint density at radius 1 is 1.09 bits per heavy atom. The van der Waals surface area contributed by atoms with Gasteiger partial charge in [0.2, 0.25) is 5.43 Å². The van der Waals surface area contributed by atoms with Crippen LogP contribution in [0.15, 0.2) is 57.5 Å². The smallest absolute Gasteiger partial charge is 0.333 e. The monoisotopic (exact) mass is 484 g/mol. The van der Waals surface area contributed by atoms with Crippen molar-refractivity contribution in [2.75, 3.05) is 12.4 Å². The molecule has 0 radical (unpaired) electrons. The first-order valence-corrected chi connectivity index (χ1v) is 12.1. The Kier molecular flexibility index (Phi) is 5.91. The van der Waals surface area contributed by atoms with E-state index in [1.54, 1.807) is 63.4 Å². The van der Waals surface area contributed by atoms with E-state index in [1.165, 1.54) is 6.07 Å². The molecule has 9 nitrogen and oxygen atoms in total. The van der Waals surface area contributed by atoms with Gasteiger partial charge in [0, 0.05) is 27.6 Å². The number of urea groups is 1. The van der Waals surface area contributed by atoms with E-state index in [0.29, 0.717) is 33.5 Å². The van der Waals surface area contributed by atoms with E-state index in [2.05, 4.69) is 15.5 Å². The molecule has 2 amide bonds. The molecule has 2 aromatic heterocycles. The number of aryl methyl sites for hydroxylation is 2. The summed E-state index contributed by atoms with van der Waals surface area (Å²) in [6, 6.07) is 12.1. The van der Waals surface area contributed by atoms with Gasteiger partial charge in [-0.05, 0) is 55.8 Å². The number of thiophene rings is 1. The van der Waals surface area contributed by atoms with E-state index in [4.69, 9.17) is 4.74 Å². The summed E-state index contributed by atoms with van der Waals surface area (Å²) >= 11 is 1.07. The molecular weight excluding hydrogens is 464 g/mol. The Balaban J connectivity index is 1.57. The minimum Gasteiger partial charge on any atom is -0.497 e. The van der Waals surface area contributed by atoms with Gasteiger partial charge in [-0.1, -0.05) is 6.07 Å². The molecule has 0 aliphatic carbocycles. The van der Waals surface area contributed by atoms with Crippen LogP contribution >= 0.6 is 11.3 Å².